The van der Waals surface area contributed by atoms with E-state index in [4.69, 9.17) is 0 Å². The predicted molar refractivity (Wildman–Crippen MR) is 118 cm³/mol. The lowest BCUT2D eigenvalue weighted by Gasteiger charge is -2.37. The molecule has 152 valence electrons. The minimum atomic E-state index is -3.23. The van der Waals surface area contributed by atoms with Crippen molar-refractivity contribution >= 4 is 26.4 Å². The summed E-state index contributed by atoms with van der Waals surface area (Å²) in [6, 6.07) is 15.7. The smallest absolute Gasteiger partial charge is 0.175 e. The highest BCUT2D eigenvalue weighted by Crippen LogP contribution is 2.35. The molecule has 2 aromatic heterocycles. The van der Waals surface area contributed by atoms with Crippen molar-refractivity contribution in [3.8, 4) is 11.3 Å². The SMILES string of the molecule is CC1Cc2ncnc(-c3ccc(S(C)(=O)=O)cc3)c2CN1c1cccc2[nH]ccc12. The number of nitrogens with one attached hydrogen (secondary N) is 1. The molecule has 6 nitrogen and oxygen atoms in total. The number of H-pyrrole nitrogens is 1. The minimum absolute atomic E-state index is 0.299. The molecule has 0 amide bonds. The van der Waals surface area contributed by atoms with E-state index in [0.29, 0.717) is 17.5 Å². The van der Waals surface area contributed by atoms with Crippen molar-refractivity contribution < 1.29 is 8.42 Å². The highest BCUT2D eigenvalue weighted by Gasteiger charge is 2.28. The first-order chi connectivity index (χ1) is 14.4. The maximum Gasteiger partial charge on any atom is 0.175 e. The Labute approximate surface area is 175 Å². The van der Waals surface area contributed by atoms with Gasteiger partial charge in [0.15, 0.2) is 9.84 Å². The Kier molecular flexibility index (Phi) is 4.36. The second kappa shape index (κ2) is 6.95. The van der Waals surface area contributed by atoms with Crippen LogP contribution in [0.5, 0.6) is 0 Å². The predicted octanol–water partition coefficient (Wildman–Crippen LogP) is 3.98. The van der Waals surface area contributed by atoms with Gasteiger partial charge in [-0.15, -0.1) is 0 Å². The summed E-state index contributed by atoms with van der Waals surface area (Å²) in [6.45, 7) is 2.92. The minimum Gasteiger partial charge on any atom is -0.363 e. The van der Waals surface area contributed by atoms with Crippen LogP contribution in [0.4, 0.5) is 5.69 Å². The molecule has 1 atom stereocenters. The molecular weight excluding hydrogens is 396 g/mol. The number of rotatable bonds is 3. The van der Waals surface area contributed by atoms with Crippen molar-refractivity contribution in [2.24, 2.45) is 0 Å². The zero-order chi connectivity index (χ0) is 20.9. The van der Waals surface area contributed by atoms with Gasteiger partial charge in [0, 0.05) is 59.2 Å². The molecule has 1 aliphatic rings. The largest absolute Gasteiger partial charge is 0.363 e. The highest BCUT2D eigenvalue weighted by atomic mass is 32.2. The number of fused-ring (bicyclic) bond motifs is 2. The van der Waals surface area contributed by atoms with Gasteiger partial charge < -0.3 is 9.88 Å². The fourth-order valence-electron chi connectivity index (χ4n) is 4.26. The van der Waals surface area contributed by atoms with Crippen LogP contribution >= 0.6 is 0 Å². The molecule has 1 unspecified atom stereocenters. The molecule has 0 spiro atoms. The van der Waals surface area contributed by atoms with E-state index in [1.807, 2.05) is 18.3 Å². The Hall–Kier alpha value is -3.19. The lowest BCUT2D eigenvalue weighted by Crippen LogP contribution is -2.39. The van der Waals surface area contributed by atoms with Crippen LogP contribution in [0.2, 0.25) is 0 Å². The van der Waals surface area contributed by atoms with Crippen LogP contribution in [0.25, 0.3) is 22.2 Å². The fraction of sp³-hybridized carbons (Fsp3) is 0.217. The van der Waals surface area contributed by atoms with Gasteiger partial charge in [-0.3, -0.25) is 0 Å². The van der Waals surface area contributed by atoms with Crippen molar-refractivity contribution in [3.63, 3.8) is 0 Å². The summed E-state index contributed by atoms with van der Waals surface area (Å²) >= 11 is 0. The first kappa shape index (κ1) is 18.8. The van der Waals surface area contributed by atoms with Gasteiger partial charge in [0.25, 0.3) is 0 Å². The highest BCUT2D eigenvalue weighted by molar-refractivity contribution is 7.90. The Morgan fingerprint density at radius 2 is 1.87 bits per heavy atom. The third-order valence-electron chi connectivity index (χ3n) is 5.82. The molecule has 3 heterocycles. The third-order valence-corrected chi connectivity index (χ3v) is 6.95. The standard InChI is InChI=1S/C23H22N4O2S/c1-15-12-21-19(13-27(15)22-5-3-4-20-18(22)10-11-24-20)23(26-14-25-21)16-6-8-17(9-7-16)30(2,28)29/h3-11,14-15,24H,12-13H2,1-2H3. The Morgan fingerprint density at radius 3 is 2.63 bits per heavy atom. The van der Waals surface area contributed by atoms with Crippen molar-refractivity contribution in [2.75, 3.05) is 11.2 Å². The van der Waals surface area contributed by atoms with E-state index in [1.165, 1.54) is 17.3 Å². The number of sulfone groups is 1. The zero-order valence-corrected chi connectivity index (χ0v) is 17.6. The third kappa shape index (κ3) is 3.15. The first-order valence-electron chi connectivity index (χ1n) is 9.88. The van der Waals surface area contributed by atoms with Gasteiger partial charge in [-0.05, 0) is 37.3 Å². The lowest BCUT2D eigenvalue weighted by atomic mass is 9.94. The number of hydrogen-bond donors (Lipinski definition) is 1. The van der Waals surface area contributed by atoms with Crippen molar-refractivity contribution in [3.05, 3.63) is 72.3 Å². The monoisotopic (exact) mass is 418 g/mol. The summed E-state index contributed by atoms with van der Waals surface area (Å²) in [5.74, 6) is 0. The van der Waals surface area contributed by atoms with E-state index < -0.39 is 9.84 Å². The van der Waals surface area contributed by atoms with E-state index in [0.717, 1.165) is 34.5 Å². The Balaban J connectivity index is 1.58. The van der Waals surface area contributed by atoms with Gasteiger partial charge >= 0.3 is 0 Å². The normalized spacial score (nSPS) is 16.6. The summed E-state index contributed by atoms with van der Waals surface area (Å²) < 4.78 is 23.6. The molecule has 4 aromatic rings. The van der Waals surface area contributed by atoms with Gasteiger partial charge in [-0.1, -0.05) is 18.2 Å². The topological polar surface area (TPSA) is 79.0 Å². The van der Waals surface area contributed by atoms with E-state index in [1.54, 1.807) is 18.5 Å². The quantitative estimate of drug-likeness (QED) is 0.544. The molecule has 1 N–H and O–H groups in total. The number of benzene rings is 2. The van der Waals surface area contributed by atoms with Gasteiger partial charge in [0.2, 0.25) is 0 Å². The van der Waals surface area contributed by atoms with Crippen molar-refractivity contribution in [1.29, 1.82) is 0 Å². The molecule has 2 aromatic carbocycles. The average molecular weight is 419 g/mol. The summed E-state index contributed by atoms with van der Waals surface area (Å²) in [6.07, 6.45) is 5.62. The Morgan fingerprint density at radius 1 is 1.07 bits per heavy atom. The fourth-order valence-corrected chi connectivity index (χ4v) is 4.89. The molecular formula is C23H22N4O2S. The second-order valence-corrected chi connectivity index (χ2v) is 9.86. The van der Waals surface area contributed by atoms with Crippen LogP contribution in [0.3, 0.4) is 0 Å². The number of hydrogen-bond acceptors (Lipinski definition) is 5. The molecule has 0 bridgehead atoms. The number of nitrogens with zero attached hydrogens (tertiary/aromatic N) is 3. The number of anilines is 1. The molecule has 7 heteroatoms. The van der Waals surface area contributed by atoms with Crippen LogP contribution in [0.15, 0.2) is 66.0 Å². The molecule has 0 saturated heterocycles. The summed E-state index contributed by atoms with van der Waals surface area (Å²) in [5.41, 5.74) is 6.21. The molecule has 1 aliphatic heterocycles. The van der Waals surface area contributed by atoms with Gasteiger partial charge in [-0.2, -0.15) is 0 Å². The van der Waals surface area contributed by atoms with Crippen LogP contribution in [0.1, 0.15) is 18.2 Å². The van der Waals surface area contributed by atoms with Crippen LogP contribution in [0, 0.1) is 0 Å². The van der Waals surface area contributed by atoms with Crippen molar-refractivity contribution in [2.45, 2.75) is 30.8 Å². The zero-order valence-electron chi connectivity index (χ0n) is 16.8. The maximum absolute atomic E-state index is 11.8. The summed E-state index contributed by atoms with van der Waals surface area (Å²) in [4.78, 5) is 15.1. The molecule has 0 fully saturated rings. The number of aromatic amines is 1. The van der Waals surface area contributed by atoms with Crippen LogP contribution in [-0.2, 0) is 22.8 Å². The summed E-state index contributed by atoms with van der Waals surface area (Å²) in [5, 5.41) is 1.20. The van der Waals surface area contributed by atoms with E-state index in [-0.39, 0.29) is 0 Å². The molecule has 0 saturated carbocycles. The van der Waals surface area contributed by atoms with E-state index in [9.17, 15) is 8.42 Å². The maximum atomic E-state index is 11.8. The van der Waals surface area contributed by atoms with E-state index in [2.05, 4.69) is 51.0 Å². The number of aromatic nitrogens is 3. The van der Waals surface area contributed by atoms with Gasteiger partial charge in [-0.25, -0.2) is 18.4 Å². The Bertz CT molecular complexity index is 1340. The summed E-state index contributed by atoms with van der Waals surface area (Å²) in [7, 11) is -3.23. The molecule has 30 heavy (non-hydrogen) atoms. The molecule has 0 aliphatic carbocycles. The molecule has 0 radical (unpaired) electrons. The van der Waals surface area contributed by atoms with Crippen LogP contribution < -0.4 is 4.90 Å². The first-order valence-corrected chi connectivity index (χ1v) is 11.8. The second-order valence-electron chi connectivity index (χ2n) is 7.84. The van der Waals surface area contributed by atoms with Crippen LogP contribution in [-0.4, -0.2) is 35.7 Å². The lowest BCUT2D eigenvalue weighted by molar-refractivity contribution is 0.581. The average Bonchev–Trinajstić information content (AvgIpc) is 3.21. The van der Waals surface area contributed by atoms with Gasteiger partial charge in [0.1, 0.15) is 6.33 Å². The van der Waals surface area contributed by atoms with Crippen molar-refractivity contribution in [1.82, 2.24) is 15.0 Å². The van der Waals surface area contributed by atoms with E-state index >= 15 is 0 Å². The molecule has 5 rings (SSSR count). The van der Waals surface area contributed by atoms with Gasteiger partial charge in [0.05, 0.1) is 16.3 Å².